The standard InChI is InChI=1S/C19H24BCl2N3O6/c1-10(2)6-15(20-30-17(27)9-23-11(3)19(29)31-20)25-16(26)8-24-18(28)13-7-12(21)4-5-14(13)22/h4-5,7,10-11,15,23H,6,8-9H2,1-3H3,(H,24,28)(H,25,26)/t11?,15-/m0/s1. The molecule has 0 aromatic heterocycles. The van der Waals surface area contributed by atoms with Crippen molar-refractivity contribution >= 4 is 54.1 Å². The summed E-state index contributed by atoms with van der Waals surface area (Å²) in [5, 5.41) is 8.32. The molecule has 3 N–H and O–H groups in total. The van der Waals surface area contributed by atoms with Gasteiger partial charge in [0.15, 0.2) is 0 Å². The molecule has 1 unspecified atom stereocenters. The van der Waals surface area contributed by atoms with Crippen LogP contribution in [0, 0.1) is 5.92 Å². The van der Waals surface area contributed by atoms with E-state index in [2.05, 4.69) is 16.0 Å². The molecule has 1 aliphatic rings. The van der Waals surface area contributed by atoms with Gasteiger partial charge in [0.2, 0.25) is 5.91 Å². The summed E-state index contributed by atoms with van der Waals surface area (Å²) in [6, 6.07) is 3.71. The lowest BCUT2D eigenvalue weighted by atomic mass is 9.73. The van der Waals surface area contributed by atoms with Gasteiger partial charge in [0.25, 0.3) is 5.91 Å². The van der Waals surface area contributed by atoms with E-state index in [9.17, 15) is 19.2 Å². The Hall–Kier alpha value is -2.30. The molecule has 0 aliphatic carbocycles. The third kappa shape index (κ3) is 7.72. The first kappa shape index (κ1) is 25.0. The molecule has 1 heterocycles. The first-order valence-electron chi connectivity index (χ1n) is 9.72. The lowest BCUT2D eigenvalue weighted by Crippen LogP contribution is -2.57. The monoisotopic (exact) mass is 471 g/mol. The minimum Gasteiger partial charge on any atom is -0.497 e. The zero-order valence-corrected chi connectivity index (χ0v) is 18.9. The van der Waals surface area contributed by atoms with Gasteiger partial charge in [-0.05, 0) is 37.5 Å². The minimum absolute atomic E-state index is 0.0866. The molecule has 2 rings (SSSR count). The first-order chi connectivity index (χ1) is 14.6. The highest BCUT2D eigenvalue weighted by Crippen LogP contribution is 2.20. The van der Waals surface area contributed by atoms with Crippen LogP contribution in [0.25, 0.3) is 0 Å². The van der Waals surface area contributed by atoms with Crippen LogP contribution >= 0.6 is 23.2 Å². The van der Waals surface area contributed by atoms with Crippen LogP contribution in [0.4, 0.5) is 0 Å². The van der Waals surface area contributed by atoms with Gasteiger partial charge in [0.05, 0.1) is 29.6 Å². The van der Waals surface area contributed by atoms with Crippen molar-refractivity contribution in [2.24, 2.45) is 5.92 Å². The van der Waals surface area contributed by atoms with Gasteiger partial charge < -0.3 is 19.9 Å². The molecule has 2 amide bonds. The number of nitrogens with one attached hydrogen (secondary N) is 3. The Kier molecular flexibility index (Phi) is 9.15. The smallest absolute Gasteiger partial charge is 0.497 e. The molecule has 1 aliphatic heterocycles. The summed E-state index contributed by atoms with van der Waals surface area (Å²) in [6.45, 7) is 4.83. The van der Waals surface area contributed by atoms with Crippen molar-refractivity contribution in [3.05, 3.63) is 33.8 Å². The number of rotatable bonds is 7. The summed E-state index contributed by atoms with van der Waals surface area (Å²) < 4.78 is 10.5. The first-order valence-corrected chi connectivity index (χ1v) is 10.5. The fourth-order valence-electron chi connectivity index (χ4n) is 2.83. The van der Waals surface area contributed by atoms with Crippen LogP contribution in [0.3, 0.4) is 0 Å². The van der Waals surface area contributed by atoms with Gasteiger partial charge in [-0.1, -0.05) is 37.0 Å². The highest BCUT2D eigenvalue weighted by atomic mass is 35.5. The number of halogens is 2. The quantitative estimate of drug-likeness (QED) is 0.513. The predicted molar refractivity (Wildman–Crippen MR) is 116 cm³/mol. The Morgan fingerprint density at radius 1 is 1.26 bits per heavy atom. The Balaban J connectivity index is 2.04. The highest BCUT2D eigenvalue weighted by molar-refractivity contribution is 6.51. The summed E-state index contributed by atoms with van der Waals surface area (Å²) in [5.74, 6) is -3.06. The van der Waals surface area contributed by atoms with E-state index in [4.69, 9.17) is 32.5 Å². The van der Waals surface area contributed by atoms with Crippen LogP contribution in [0.5, 0.6) is 0 Å². The molecule has 168 valence electrons. The minimum atomic E-state index is -1.28. The van der Waals surface area contributed by atoms with Crippen LogP contribution in [0.1, 0.15) is 37.6 Å². The van der Waals surface area contributed by atoms with Crippen molar-refractivity contribution < 1.29 is 28.5 Å². The van der Waals surface area contributed by atoms with Crippen LogP contribution in [0.2, 0.25) is 10.0 Å². The highest BCUT2D eigenvalue weighted by Gasteiger charge is 2.41. The van der Waals surface area contributed by atoms with Crippen molar-refractivity contribution in [1.29, 1.82) is 0 Å². The van der Waals surface area contributed by atoms with Gasteiger partial charge in [-0.25, -0.2) is 0 Å². The summed E-state index contributed by atoms with van der Waals surface area (Å²) in [4.78, 5) is 48.8. The number of benzene rings is 1. The van der Waals surface area contributed by atoms with Crippen LogP contribution in [-0.4, -0.2) is 55.9 Å². The Morgan fingerprint density at radius 2 is 1.97 bits per heavy atom. The maximum atomic E-state index is 12.5. The van der Waals surface area contributed by atoms with E-state index in [-0.39, 0.29) is 29.6 Å². The zero-order chi connectivity index (χ0) is 23.1. The Labute approximate surface area is 190 Å². The molecule has 0 spiro atoms. The molecule has 0 radical (unpaired) electrons. The molecular weight excluding hydrogens is 448 g/mol. The average molecular weight is 472 g/mol. The summed E-state index contributed by atoms with van der Waals surface area (Å²) in [5.41, 5.74) is 0.130. The van der Waals surface area contributed by atoms with Crippen molar-refractivity contribution in [2.45, 2.75) is 39.2 Å². The van der Waals surface area contributed by atoms with Gasteiger partial charge in [-0.2, -0.15) is 0 Å². The van der Waals surface area contributed by atoms with Crippen LogP contribution in [-0.2, 0) is 23.7 Å². The van der Waals surface area contributed by atoms with Crippen molar-refractivity contribution in [3.8, 4) is 0 Å². The molecule has 0 bridgehead atoms. The average Bonchev–Trinajstić information content (AvgIpc) is 2.69. The van der Waals surface area contributed by atoms with E-state index < -0.39 is 42.9 Å². The van der Waals surface area contributed by atoms with Gasteiger partial charge in [-0.15, -0.1) is 0 Å². The molecule has 1 aromatic carbocycles. The molecule has 1 saturated heterocycles. The van der Waals surface area contributed by atoms with Gasteiger partial charge >= 0.3 is 19.1 Å². The SMILES string of the molecule is CC(C)C[C@H](NC(=O)CNC(=O)c1cc(Cl)ccc1Cl)B1OC(=O)CNC(C)C(=O)O1. The zero-order valence-electron chi connectivity index (χ0n) is 17.4. The van der Waals surface area contributed by atoms with Crippen molar-refractivity contribution in [1.82, 2.24) is 16.0 Å². The number of carbonyl (C=O) groups is 4. The van der Waals surface area contributed by atoms with Crippen molar-refractivity contribution in [3.63, 3.8) is 0 Å². The number of hydrogen-bond donors (Lipinski definition) is 3. The van der Waals surface area contributed by atoms with Gasteiger partial charge in [-0.3, -0.25) is 24.5 Å². The van der Waals surface area contributed by atoms with Crippen LogP contribution in [0.15, 0.2) is 18.2 Å². The fourth-order valence-corrected chi connectivity index (χ4v) is 3.20. The molecule has 2 atom stereocenters. The fraction of sp³-hybridized carbons (Fsp3) is 0.474. The predicted octanol–water partition coefficient (Wildman–Crippen LogP) is 1.36. The second-order valence-electron chi connectivity index (χ2n) is 7.51. The largest absolute Gasteiger partial charge is 0.622 e. The normalized spacial score (nSPS) is 17.9. The topological polar surface area (TPSA) is 123 Å². The van der Waals surface area contributed by atoms with E-state index in [0.29, 0.717) is 11.4 Å². The van der Waals surface area contributed by atoms with Gasteiger partial charge in [0, 0.05) is 5.02 Å². The van der Waals surface area contributed by atoms with E-state index >= 15 is 0 Å². The molecule has 9 nitrogen and oxygen atoms in total. The lowest BCUT2D eigenvalue weighted by Gasteiger charge is -2.28. The second-order valence-corrected chi connectivity index (χ2v) is 8.35. The second kappa shape index (κ2) is 11.4. The summed E-state index contributed by atoms with van der Waals surface area (Å²) in [7, 11) is -1.28. The molecule has 1 fully saturated rings. The Morgan fingerprint density at radius 3 is 2.65 bits per heavy atom. The maximum Gasteiger partial charge on any atom is 0.622 e. The van der Waals surface area contributed by atoms with Gasteiger partial charge in [0.1, 0.15) is 6.04 Å². The van der Waals surface area contributed by atoms with E-state index in [0.717, 1.165) is 0 Å². The molecular formula is C19H24BCl2N3O6. The number of amides is 2. The molecule has 31 heavy (non-hydrogen) atoms. The van der Waals surface area contributed by atoms with Crippen molar-refractivity contribution in [2.75, 3.05) is 13.1 Å². The number of hydrogen-bond acceptors (Lipinski definition) is 7. The van der Waals surface area contributed by atoms with E-state index in [1.54, 1.807) is 6.92 Å². The van der Waals surface area contributed by atoms with Crippen LogP contribution < -0.4 is 16.0 Å². The van der Waals surface area contributed by atoms with E-state index in [1.165, 1.54) is 18.2 Å². The Bertz CT molecular complexity index is 854. The third-order valence-corrected chi connectivity index (χ3v) is 4.93. The lowest BCUT2D eigenvalue weighted by molar-refractivity contribution is -0.145. The third-order valence-electron chi connectivity index (χ3n) is 4.37. The summed E-state index contributed by atoms with van der Waals surface area (Å²) >= 11 is 11.9. The molecule has 12 heteroatoms. The molecule has 0 saturated carbocycles. The van der Waals surface area contributed by atoms with E-state index in [1.807, 2.05) is 13.8 Å². The molecule has 1 aromatic rings. The number of carbonyl (C=O) groups excluding carboxylic acids is 4. The maximum absolute atomic E-state index is 12.5. The summed E-state index contributed by atoms with van der Waals surface area (Å²) in [6.07, 6.45) is 0.368.